The Bertz CT molecular complexity index is 1090. The molecule has 1 unspecified atom stereocenters. The van der Waals surface area contributed by atoms with E-state index in [2.05, 4.69) is 5.32 Å². The SMILES string of the molecule is Cc1cc(O)c(C2=CC(c3ccc(F)cc3)Sc3ccccc3N2)c(=O)o1. The van der Waals surface area contributed by atoms with Gasteiger partial charge in [-0.3, -0.25) is 0 Å². The largest absolute Gasteiger partial charge is 0.507 e. The van der Waals surface area contributed by atoms with Gasteiger partial charge in [0.1, 0.15) is 22.9 Å². The fourth-order valence-corrected chi connectivity index (χ4v) is 4.16. The van der Waals surface area contributed by atoms with Crippen LogP contribution in [0.3, 0.4) is 0 Å². The Morgan fingerprint density at radius 1 is 1.15 bits per heavy atom. The third-order valence-electron chi connectivity index (χ3n) is 4.25. The van der Waals surface area contributed by atoms with E-state index >= 15 is 0 Å². The Morgan fingerprint density at radius 3 is 2.63 bits per heavy atom. The number of hydrogen-bond acceptors (Lipinski definition) is 5. The van der Waals surface area contributed by atoms with Crippen molar-refractivity contribution in [2.45, 2.75) is 17.1 Å². The summed E-state index contributed by atoms with van der Waals surface area (Å²) in [5.74, 6) is -0.123. The van der Waals surface area contributed by atoms with Gasteiger partial charge < -0.3 is 14.8 Å². The molecule has 0 fully saturated rings. The van der Waals surface area contributed by atoms with Crippen LogP contribution in [0.4, 0.5) is 10.1 Å². The second-order valence-corrected chi connectivity index (χ2v) is 7.38. The molecular formula is C21H16FNO3S. The summed E-state index contributed by atoms with van der Waals surface area (Å²) in [7, 11) is 0. The maximum absolute atomic E-state index is 13.3. The van der Waals surface area contributed by atoms with Gasteiger partial charge in [0.2, 0.25) is 0 Å². The van der Waals surface area contributed by atoms with Crippen LogP contribution in [0, 0.1) is 12.7 Å². The molecule has 0 spiro atoms. The fourth-order valence-electron chi connectivity index (χ4n) is 2.99. The lowest BCUT2D eigenvalue weighted by Gasteiger charge is -2.12. The van der Waals surface area contributed by atoms with Crippen LogP contribution in [-0.4, -0.2) is 5.11 Å². The minimum atomic E-state index is -0.617. The summed E-state index contributed by atoms with van der Waals surface area (Å²) in [6.07, 6.45) is 1.85. The highest BCUT2D eigenvalue weighted by Crippen LogP contribution is 2.45. The quantitative estimate of drug-likeness (QED) is 0.647. The summed E-state index contributed by atoms with van der Waals surface area (Å²) in [5.41, 5.74) is 1.61. The number of rotatable bonds is 2. The average Bonchev–Trinajstić information content (AvgIpc) is 2.81. The third kappa shape index (κ3) is 3.48. The van der Waals surface area contributed by atoms with Gasteiger partial charge in [-0.25, -0.2) is 9.18 Å². The van der Waals surface area contributed by atoms with Crippen molar-refractivity contribution in [3.8, 4) is 5.75 Å². The molecule has 0 saturated heterocycles. The Morgan fingerprint density at radius 2 is 1.89 bits per heavy atom. The Kier molecular flexibility index (Phi) is 4.49. The van der Waals surface area contributed by atoms with Crippen molar-refractivity contribution in [2.24, 2.45) is 0 Å². The lowest BCUT2D eigenvalue weighted by molar-refractivity contribution is 0.431. The van der Waals surface area contributed by atoms with Gasteiger partial charge in [0.15, 0.2) is 0 Å². The number of fused-ring (bicyclic) bond motifs is 1. The maximum atomic E-state index is 13.3. The number of anilines is 1. The summed E-state index contributed by atoms with van der Waals surface area (Å²) >= 11 is 1.57. The predicted octanol–water partition coefficient (Wildman–Crippen LogP) is 5.09. The van der Waals surface area contributed by atoms with Crippen LogP contribution < -0.4 is 10.9 Å². The number of para-hydroxylation sites is 1. The van der Waals surface area contributed by atoms with Gasteiger partial charge in [0, 0.05) is 11.0 Å². The van der Waals surface area contributed by atoms with E-state index < -0.39 is 5.63 Å². The molecule has 1 aromatic heterocycles. The normalized spacial score (nSPS) is 16.1. The Labute approximate surface area is 159 Å². The molecule has 27 heavy (non-hydrogen) atoms. The minimum Gasteiger partial charge on any atom is -0.507 e. The molecule has 0 amide bonds. The number of thioether (sulfide) groups is 1. The van der Waals surface area contributed by atoms with Crippen LogP contribution in [0.2, 0.25) is 0 Å². The second-order valence-electron chi connectivity index (χ2n) is 6.20. The van der Waals surface area contributed by atoms with Gasteiger partial charge in [-0.15, -0.1) is 11.8 Å². The highest BCUT2D eigenvalue weighted by molar-refractivity contribution is 7.99. The van der Waals surface area contributed by atoms with Gasteiger partial charge in [-0.2, -0.15) is 0 Å². The molecule has 0 saturated carbocycles. The van der Waals surface area contributed by atoms with E-state index in [4.69, 9.17) is 4.42 Å². The molecule has 1 aliphatic rings. The highest BCUT2D eigenvalue weighted by atomic mass is 32.2. The van der Waals surface area contributed by atoms with Crippen molar-refractivity contribution in [3.05, 3.63) is 93.8 Å². The van der Waals surface area contributed by atoms with Gasteiger partial charge in [0.25, 0.3) is 0 Å². The van der Waals surface area contributed by atoms with E-state index in [1.54, 1.807) is 30.8 Å². The molecule has 3 aromatic rings. The van der Waals surface area contributed by atoms with Gasteiger partial charge in [0.05, 0.1) is 16.6 Å². The van der Waals surface area contributed by atoms with Crippen molar-refractivity contribution >= 4 is 23.1 Å². The molecule has 2 heterocycles. The first-order valence-corrected chi connectivity index (χ1v) is 9.23. The van der Waals surface area contributed by atoms with Gasteiger partial charge in [-0.1, -0.05) is 24.3 Å². The van der Waals surface area contributed by atoms with Crippen LogP contribution >= 0.6 is 11.8 Å². The summed E-state index contributed by atoms with van der Waals surface area (Å²) < 4.78 is 18.5. The van der Waals surface area contributed by atoms with Crippen LogP contribution in [0.5, 0.6) is 5.75 Å². The number of benzene rings is 2. The molecule has 0 radical (unpaired) electrons. The van der Waals surface area contributed by atoms with E-state index in [0.29, 0.717) is 11.5 Å². The summed E-state index contributed by atoms with van der Waals surface area (Å²) in [5, 5.41) is 13.4. The molecular weight excluding hydrogens is 365 g/mol. The van der Waals surface area contributed by atoms with Gasteiger partial charge >= 0.3 is 5.63 Å². The Balaban J connectivity index is 1.88. The average molecular weight is 381 g/mol. The van der Waals surface area contributed by atoms with Crippen LogP contribution in [0.25, 0.3) is 5.70 Å². The zero-order valence-corrected chi connectivity index (χ0v) is 15.2. The lowest BCUT2D eigenvalue weighted by Crippen LogP contribution is -2.12. The third-order valence-corrected chi connectivity index (χ3v) is 5.52. The summed E-state index contributed by atoms with van der Waals surface area (Å²) in [6.45, 7) is 1.60. The molecule has 4 nitrogen and oxygen atoms in total. The number of halogens is 1. The molecule has 4 rings (SSSR count). The molecule has 1 aliphatic heterocycles. The highest BCUT2D eigenvalue weighted by Gasteiger charge is 2.23. The predicted molar refractivity (Wildman–Crippen MR) is 104 cm³/mol. The smallest absolute Gasteiger partial charge is 0.349 e. The summed E-state index contributed by atoms with van der Waals surface area (Å²) in [6, 6.07) is 15.3. The number of aromatic hydroxyl groups is 1. The zero-order chi connectivity index (χ0) is 19.0. The first kappa shape index (κ1) is 17.4. The maximum Gasteiger partial charge on any atom is 0.349 e. The van der Waals surface area contributed by atoms with Crippen molar-refractivity contribution in [1.29, 1.82) is 0 Å². The minimum absolute atomic E-state index is 0.0741. The standard InChI is InChI=1S/C21H16FNO3S/c1-12-10-17(24)20(21(25)26-12)16-11-19(13-6-8-14(22)9-7-13)27-18-5-3-2-4-15(18)23-16/h2-11,19,23-24H,1H3. The molecule has 6 heteroatoms. The van der Waals surface area contributed by atoms with E-state index in [0.717, 1.165) is 16.1 Å². The van der Waals surface area contributed by atoms with Crippen molar-refractivity contribution in [1.82, 2.24) is 0 Å². The molecule has 2 N–H and O–H groups in total. The second kappa shape index (κ2) is 6.96. The number of aryl methyl sites for hydroxylation is 1. The molecule has 0 bridgehead atoms. The van der Waals surface area contributed by atoms with Gasteiger partial charge in [-0.05, 0) is 42.8 Å². The van der Waals surface area contributed by atoms with Crippen molar-refractivity contribution in [2.75, 3.05) is 5.32 Å². The molecule has 2 aromatic carbocycles. The summed E-state index contributed by atoms with van der Waals surface area (Å²) in [4.78, 5) is 13.4. The number of nitrogens with one attached hydrogen (secondary N) is 1. The molecule has 136 valence electrons. The molecule has 1 atom stereocenters. The first-order valence-electron chi connectivity index (χ1n) is 8.35. The van der Waals surface area contributed by atoms with Crippen LogP contribution in [-0.2, 0) is 0 Å². The van der Waals surface area contributed by atoms with Crippen molar-refractivity contribution < 1.29 is 13.9 Å². The van der Waals surface area contributed by atoms with E-state index in [-0.39, 0.29) is 22.4 Å². The number of hydrogen-bond donors (Lipinski definition) is 2. The van der Waals surface area contributed by atoms with E-state index in [1.807, 2.05) is 30.3 Å². The first-order chi connectivity index (χ1) is 13.0. The topological polar surface area (TPSA) is 62.5 Å². The monoisotopic (exact) mass is 381 g/mol. The van der Waals surface area contributed by atoms with E-state index in [1.165, 1.54) is 18.2 Å². The zero-order valence-electron chi connectivity index (χ0n) is 14.4. The van der Waals surface area contributed by atoms with E-state index in [9.17, 15) is 14.3 Å². The molecule has 0 aliphatic carbocycles. The fraction of sp³-hybridized carbons (Fsp3) is 0.0952. The van der Waals surface area contributed by atoms with Crippen LogP contribution in [0.1, 0.15) is 22.1 Å². The lowest BCUT2D eigenvalue weighted by atomic mass is 10.1. The Hall–Kier alpha value is -2.99. The van der Waals surface area contributed by atoms with Crippen LogP contribution in [0.15, 0.2) is 74.8 Å². The van der Waals surface area contributed by atoms with Crippen molar-refractivity contribution in [3.63, 3.8) is 0 Å².